The van der Waals surface area contributed by atoms with Crippen molar-refractivity contribution in [3.05, 3.63) is 47.2 Å². The first-order valence-corrected chi connectivity index (χ1v) is 6.07. The zero-order chi connectivity index (χ0) is 13.1. The van der Waals surface area contributed by atoms with Crippen molar-refractivity contribution in [3.63, 3.8) is 0 Å². The van der Waals surface area contributed by atoms with Gasteiger partial charge in [0.25, 0.3) is 0 Å². The van der Waals surface area contributed by atoms with Crippen LogP contribution in [0.1, 0.15) is 16.8 Å². The van der Waals surface area contributed by atoms with Crippen molar-refractivity contribution >= 4 is 5.82 Å². The highest BCUT2D eigenvalue weighted by Gasteiger charge is 2.14. The standard InChI is InChI=1S/C14H20N4/c1-17(2)10-13-12(14(15)18(3)16-13)9-11-7-5-4-6-8-11/h4-8H,9-10,15H2,1-3H3. The first-order valence-electron chi connectivity index (χ1n) is 6.07. The summed E-state index contributed by atoms with van der Waals surface area (Å²) in [4.78, 5) is 2.11. The molecule has 0 amide bonds. The Hall–Kier alpha value is -1.81. The molecule has 0 aliphatic rings. The first kappa shape index (κ1) is 12.6. The molecule has 0 radical (unpaired) electrons. The summed E-state index contributed by atoms with van der Waals surface area (Å²) in [5.74, 6) is 0.760. The topological polar surface area (TPSA) is 47.1 Å². The van der Waals surface area contributed by atoms with E-state index in [1.165, 1.54) is 5.56 Å². The minimum atomic E-state index is 0.760. The summed E-state index contributed by atoms with van der Waals surface area (Å²) in [6, 6.07) is 10.4. The lowest BCUT2D eigenvalue weighted by Crippen LogP contribution is -2.12. The monoisotopic (exact) mass is 244 g/mol. The second-order valence-corrected chi connectivity index (χ2v) is 4.83. The SMILES string of the molecule is CN(C)Cc1nn(C)c(N)c1Cc1ccccc1. The number of nitrogen functional groups attached to an aromatic ring is 1. The van der Waals surface area contributed by atoms with Crippen LogP contribution in [0.15, 0.2) is 30.3 Å². The molecule has 0 atom stereocenters. The Morgan fingerprint density at radius 2 is 1.89 bits per heavy atom. The molecule has 2 aromatic rings. The Morgan fingerprint density at radius 1 is 1.22 bits per heavy atom. The quantitative estimate of drug-likeness (QED) is 0.889. The van der Waals surface area contributed by atoms with Crippen LogP contribution in [0.5, 0.6) is 0 Å². The van der Waals surface area contributed by atoms with Gasteiger partial charge in [0.1, 0.15) is 5.82 Å². The van der Waals surface area contributed by atoms with Gasteiger partial charge in [0.2, 0.25) is 0 Å². The molecule has 2 N–H and O–H groups in total. The van der Waals surface area contributed by atoms with E-state index >= 15 is 0 Å². The number of hydrogen-bond acceptors (Lipinski definition) is 3. The highest BCUT2D eigenvalue weighted by molar-refractivity contribution is 5.46. The van der Waals surface area contributed by atoms with Crippen LogP contribution in [-0.4, -0.2) is 28.8 Å². The van der Waals surface area contributed by atoms with Gasteiger partial charge in [-0.2, -0.15) is 5.10 Å². The lowest BCUT2D eigenvalue weighted by atomic mass is 10.0. The van der Waals surface area contributed by atoms with E-state index in [9.17, 15) is 0 Å². The van der Waals surface area contributed by atoms with E-state index in [1.54, 1.807) is 4.68 Å². The van der Waals surface area contributed by atoms with Gasteiger partial charge < -0.3 is 10.6 Å². The molecule has 0 aliphatic heterocycles. The molecule has 2 rings (SSSR count). The number of aryl methyl sites for hydroxylation is 1. The van der Waals surface area contributed by atoms with Gasteiger partial charge in [0.15, 0.2) is 0 Å². The van der Waals surface area contributed by atoms with Crippen LogP contribution in [0.2, 0.25) is 0 Å². The third kappa shape index (κ3) is 2.71. The second kappa shape index (κ2) is 5.23. The normalized spacial score (nSPS) is 11.1. The van der Waals surface area contributed by atoms with Gasteiger partial charge in [-0.05, 0) is 19.7 Å². The van der Waals surface area contributed by atoms with E-state index in [0.717, 1.165) is 30.0 Å². The molecule has 0 unspecified atom stereocenters. The summed E-state index contributed by atoms with van der Waals surface area (Å²) < 4.78 is 1.76. The summed E-state index contributed by atoms with van der Waals surface area (Å²) in [7, 11) is 5.97. The zero-order valence-corrected chi connectivity index (χ0v) is 11.2. The van der Waals surface area contributed by atoms with E-state index in [4.69, 9.17) is 5.73 Å². The van der Waals surface area contributed by atoms with Crippen molar-refractivity contribution in [2.45, 2.75) is 13.0 Å². The van der Waals surface area contributed by atoms with Gasteiger partial charge >= 0.3 is 0 Å². The minimum absolute atomic E-state index is 0.760. The highest BCUT2D eigenvalue weighted by Crippen LogP contribution is 2.21. The Bertz CT molecular complexity index is 514. The fourth-order valence-corrected chi connectivity index (χ4v) is 2.06. The molecule has 1 aromatic heterocycles. The third-order valence-electron chi connectivity index (χ3n) is 2.97. The number of rotatable bonds is 4. The highest BCUT2D eigenvalue weighted by atomic mass is 15.3. The minimum Gasteiger partial charge on any atom is -0.384 e. The summed E-state index contributed by atoms with van der Waals surface area (Å²) in [5, 5.41) is 4.50. The maximum atomic E-state index is 6.11. The predicted octanol–water partition coefficient (Wildman–Crippen LogP) is 1.65. The largest absolute Gasteiger partial charge is 0.384 e. The van der Waals surface area contributed by atoms with Gasteiger partial charge in [0.05, 0.1) is 5.69 Å². The van der Waals surface area contributed by atoms with Crippen LogP contribution in [-0.2, 0) is 20.0 Å². The van der Waals surface area contributed by atoms with E-state index in [2.05, 4.69) is 22.1 Å². The molecule has 96 valence electrons. The molecule has 4 heteroatoms. The van der Waals surface area contributed by atoms with Crippen LogP contribution in [0.25, 0.3) is 0 Å². The first-order chi connectivity index (χ1) is 8.58. The van der Waals surface area contributed by atoms with Crippen LogP contribution >= 0.6 is 0 Å². The number of benzene rings is 1. The van der Waals surface area contributed by atoms with Gasteiger partial charge in [-0.3, -0.25) is 4.68 Å². The molecular weight excluding hydrogens is 224 g/mol. The van der Waals surface area contributed by atoms with Crippen molar-refractivity contribution in [3.8, 4) is 0 Å². The second-order valence-electron chi connectivity index (χ2n) is 4.83. The van der Waals surface area contributed by atoms with Crippen LogP contribution < -0.4 is 5.73 Å². The molecule has 1 aromatic carbocycles. The van der Waals surface area contributed by atoms with Crippen molar-refractivity contribution in [2.24, 2.45) is 7.05 Å². The van der Waals surface area contributed by atoms with Crippen molar-refractivity contribution < 1.29 is 0 Å². The summed E-state index contributed by atoms with van der Waals surface area (Å²) in [6.07, 6.45) is 0.837. The van der Waals surface area contributed by atoms with Crippen LogP contribution in [0.4, 0.5) is 5.82 Å². The number of nitrogens with two attached hydrogens (primary N) is 1. The van der Waals surface area contributed by atoms with Gasteiger partial charge in [-0.25, -0.2) is 0 Å². The van der Waals surface area contributed by atoms with E-state index in [0.29, 0.717) is 0 Å². The van der Waals surface area contributed by atoms with E-state index in [1.807, 2.05) is 39.3 Å². The predicted molar refractivity (Wildman–Crippen MR) is 74.3 cm³/mol. The van der Waals surface area contributed by atoms with E-state index < -0.39 is 0 Å². The maximum absolute atomic E-state index is 6.11. The summed E-state index contributed by atoms with van der Waals surface area (Å²) in [5.41, 5.74) is 9.57. The summed E-state index contributed by atoms with van der Waals surface area (Å²) >= 11 is 0. The smallest absolute Gasteiger partial charge is 0.125 e. The average Bonchev–Trinajstić information content (AvgIpc) is 2.58. The van der Waals surface area contributed by atoms with Crippen LogP contribution in [0.3, 0.4) is 0 Å². The molecule has 4 nitrogen and oxygen atoms in total. The Balaban J connectivity index is 2.31. The Labute approximate surface area is 108 Å². The molecule has 0 bridgehead atoms. The Kier molecular flexibility index (Phi) is 3.67. The number of nitrogens with zero attached hydrogens (tertiary/aromatic N) is 3. The number of anilines is 1. The molecular formula is C14H20N4. The zero-order valence-electron chi connectivity index (χ0n) is 11.2. The van der Waals surface area contributed by atoms with Gasteiger partial charge in [0, 0.05) is 25.6 Å². The fraction of sp³-hybridized carbons (Fsp3) is 0.357. The summed E-state index contributed by atoms with van der Waals surface area (Å²) in [6.45, 7) is 0.813. The van der Waals surface area contributed by atoms with Crippen molar-refractivity contribution in [2.75, 3.05) is 19.8 Å². The molecule has 0 saturated heterocycles. The average molecular weight is 244 g/mol. The number of aromatic nitrogens is 2. The Morgan fingerprint density at radius 3 is 2.50 bits per heavy atom. The van der Waals surface area contributed by atoms with Gasteiger partial charge in [-0.15, -0.1) is 0 Å². The molecule has 0 fully saturated rings. The fourth-order valence-electron chi connectivity index (χ4n) is 2.06. The molecule has 0 aliphatic carbocycles. The molecule has 18 heavy (non-hydrogen) atoms. The molecule has 0 spiro atoms. The van der Waals surface area contributed by atoms with Crippen molar-refractivity contribution in [1.82, 2.24) is 14.7 Å². The number of hydrogen-bond donors (Lipinski definition) is 1. The molecule has 1 heterocycles. The lowest BCUT2D eigenvalue weighted by Gasteiger charge is -2.09. The van der Waals surface area contributed by atoms with Crippen molar-refractivity contribution in [1.29, 1.82) is 0 Å². The van der Waals surface area contributed by atoms with Crippen LogP contribution in [0, 0.1) is 0 Å². The van der Waals surface area contributed by atoms with E-state index in [-0.39, 0.29) is 0 Å². The molecule has 0 saturated carbocycles. The lowest BCUT2D eigenvalue weighted by molar-refractivity contribution is 0.393. The third-order valence-corrected chi connectivity index (χ3v) is 2.97. The maximum Gasteiger partial charge on any atom is 0.125 e. The van der Waals surface area contributed by atoms with Gasteiger partial charge in [-0.1, -0.05) is 30.3 Å².